The maximum atomic E-state index is 11.7. The third-order valence-electron chi connectivity index (χ3n) is 2.16. The van der Waals surface area contributed by atoms with E-state index < -0.39 is 0 Å². The molecule has 0 aromatic heterocycles. The normalized spacial score (nSPS) is 11.0. The molecule has 0 aliphatic carbocycles. The van der Waals surface area contributed by atoms with Crippen molar-refractivity contribution in [2.75, 3.05) is 6.61 Å². The Labute approximate surface area is 116 Å². The molecule has 0 atom stereocenters. The number of carbonyl (C=O) groups excluding carboxylic acids is 2. The summed E-state index contributed by atoms with van der Waals surface area (Å²) in [7, 11) is 0. The predicted octanol–water partition coefficient (Wildman–Crippen LogP) is 2.40. The first-order chi connectivity index (χ1) is 9.02. The van der Waals surface area contributed by atoms with Crippen LogP contribution >= 0.6 is 11.6 Å². The van der Waals surface area contributed by atoms with Crippen LogP contribution in [0.1, 0.15) is 30.6 Å². The van der Waals surface area contributed by atoms with E-state index in [4.69, 9.17) is 16.3 Å². The van der Waals surface area contributed by atoms with Gasteiger partial charge < -0.3 is 4.74 Å². The molecule has 0 aliphatic rings. The molecule has 1 amide bonds. The van der Waals surface area contributed by atoms with Crippen molar-refractivity contribution in [2.24, 2.45) is 5.10 Å². The van der Waals surface area contributed by atoms with Gasteiger partial charge in [-0.05, 0) is 38.1 Å². The Bertz CT molecular complexity index is 483. The zero-order chi connectivity index (χ0) is 14.3. The van der Waals surface area contributed by atoms with Crippen LogP contribution in [0.2, 0.25) is 5.02 Å². The van der Waals surface area contributed by atoms with Crippen molar-refractivity contribution in [2.45, 2.75) is 20.3 Å². The van der Waals surface area contributed by atoms with Crippen molar-refractivity contribution in [1.82, 2.24) is 5.43 Å². The Morgan fingerprint density at radius 1 is 1.32 bits per heavy atom. The van der Waals surface area contributed by atoms with E-state index in [9.17, 15) is 9.59 Å². The maximum Gasteiger partial charge on any atom is 0.311 e. The second kappa shape index (κ2) is 7.53. The third-order valence-corrected chi connectivity index (χ3v) is 2.41. The van der Waals surface area contributed by atoms with Gasteiger partial charge in [-0.25, -0.2) is 5.43 Å². The van der Waals surface area contributed by atoms with Crippen LogP contribution in [0.25, 0.3) is 0 Å². The average molecular weight is 283 g/mol. The lowest BCUT2D eigenvalue weighted by molar-refractivity contribution is -0.141. The van der Waals surface area contributed by atoms with Gasteiger partial charge in [-0.15, -0.1) is 0 Å². The number of amides is 1. The van der Waals surface area contributed by atoms with Crippen molar-refractivity contribution >= 4 is 29.2 Å². The van der Waals surface area contributed by atoms with E-state index in [-0.39, 0.29) is 18.3 Å². The summed E-state index contributed by atoms with van der Waals surface area (Å²) in [6.45, 7) is 3.69. The molecular weight excluding hydrogens is 268 g/mol. The van der Waals surface area contributed by atoms with Crippen LogP contribution in [0.5, 0.6) is 0 Å². The molecule has 6 heteroatoms. The van der Waals surface area contributed by atoms with Gasteiger partial charge in [0.1, 0.15) is 0 Å². The van der Waals surface area contributed by atoms with Crippen molar-refractivity contribution in [3.63, 3.8) is 0 Å². The molecule has 1 aromatic rings. The number of nitrogens with zero attached hydrogens (tertiary/aromatic N) is 1. The SMILES string of the molecule is CCOC(=O)C/C(C)=N/NC(=O)c1ccc(Cl)cc1. The van der Waals surface area contributed by atoms with Crippen molar-refractivity contribution in [1.29, 1.82) is 0 Å². The number of hydrazone groups is 1. The molecule has 1 aromatic carbocycles. The van der Waals surface area contributed by atoms with Crippen LogP contribution in [0.15, 0.2) is 29.4 Å². The summed E-state index contributed by atoms with van der Waals surface area (Å²) in [5.41, 5.74) is 3.28. The maximum absolute atomic E-state index is 11.7. The number of ether oxygens (including phenoxy) is 1. The Kier molecular flexibility index (Phi) is 6.02. The topological polar surface area (TPSA) is 67.8 Å². The molecule has 0 saturated carbocycles. The lowest BCUT2D eigenvalue weighted by atomic mass is 10.2. The van der Waals surface area contributed by atoms with Gasteiger partial charge in [0, 0.05) is 16.3 Å². The van der Waals surface area contributed by atoms with Gasteiger partial charge in [0.05, 0.1) is 13.0 Å². The molecule has 0 fully saturated rings. The number of rotatable bonds is 5. The number of nitrogens with one attached hydrogen (secondary N) is 1. The fraction of sp³-hybridized carbons (Fsp3) is 0.308. The van der Waals surface area contributed by atoms with E-state index in [1.165, 1.54) is 0 Å². The summed E-state index contributed by atoms with van der Waals surface area (Å²) in [6.07, 6.45) is 0.0503. The predicted molar refractivity (Wildman–Crippen MR) is 73.3 cm³/mol. The molecule has 1 N–H and O–H groups in total. The first-order valence-corrected chi connectivity index (χ1v) is 6.15. The molecule has 5 nitrogen and oxygen atoms in total. The lowest BCUT2D eigenvalue weighted by Gasteiger charge is -2.03. The lowest BCUT2D eigenvalue weighted by Crippen LogP contribution is -2.20. The first kappa shape index (κ1) is 15.2. The Morgan fingerprint density at radius 3 is 2.53 bits per heavy atom. The van der Waals surface area contributed by atoms with Crippen LogP contribution in [0.3, 0.4) is 0 Å². The van der Waals surface area contributed by atoms with Crippen LogP contribution in [0, 0.1) is 0 Å². The highest BCUT2D eigenvalue weighted by molar-refractivity contribution is 6.30. The average Bonchev–Trinajstić information content (AvgIpc) is 2.37. The minimum atomic E-state index is -0.371. The molecular formula is C13H15ClN2O3. The van der Waals surface area contributed by atoms with Crippen molar-refractivity contribution < 1.29 is 14.3 Å². The van der Waals surface area contributed by atoms with Gasteiger partial charge >= 0.3 is 5.97 Å². The van der Waals surface area contributed by atoms with Crippen LogP contribution in [-0.4, -0.2) is 24.2 Å². The van der Waals surface area contributed by atoms with E-state index >= 15 is 0 Å². The fourth-order valence-corrected chi connectivity index (χ4v) is 1.40. The summed E-state index contributed by atoms with van der Waals surface area (Å²) < 4.78 is 4.77. The van der Waals surface area contributed by atoms with E-state index in [1.54, 1.807) is 38.1 Å². The zero-order valence-corrected chi connectivity index (χ0v) is 11.5. The Hall–Kier alpha value is -1.88. The summed E-state index contributed by atoms with van der Waals surface area (Å²) in [5.74, 6) is -0.732. The molecule has 0 spiro atoms. The van der Waals surface area contributed by atoms with E-state index in [0.717, 1.165) is 0 Å². The minimum Gasteiger partial charge on any atom is -0.466 e. The fourth-order valence-electron chi connectivity index (χ4n) is 1.27. The highest BCUT2D eigenvalue weighted by atomic mass is 35.5. The number of esters is 1. The Morgan fingerprint density at radius 2 is 1.95 bits per heavy atom. The van der Waals surface area contributed by atoms with Gasteiger partial charge in [0.15, 0.2) is 0 Å². The first-order valence-electron chi connectivity index (χ1n) is 5.77. The molecule has 1 rings (SSSR count). The molecule has 0 unspecified atom stereocenters. The van der Waals surface area contributed by atoms with Crippen LogP contribution in [-0.2, 0) is 9.53 Å². The second-order valence-corrected chi connectivity index (χ2v) is 4.21. The van der Waals surface area contributed by atoms with Crippen LogP contribution < -0.4 is 5.43 Å². The van der Waals surface area contributed by atoms with E-state index in [0.29, 0.717) is 22.9 Å². The summed E-state index contributed by atoms with van der Waals surface area (Å²) in [4.78, 5) is 22.9. The zero-order valence-electron chi connectivity index (χ0n) is 10.8. The molecule has 0 radical (unpaired) electrons. The van der Waals surface area contributed by atoms with Gasteiger partial charge in [0.2, 0.25) is 0 Å². The minimum absolute atomic E-state index is 0.0503. The molecule has 0 aliphatic heterocycles. The summed E-state index contributed by atoms with van der Waals surface area (Å²) >= 11 is 5.72. The smallest absolute Gasteiger partial charge is 0.311 e. The molecule has 19 heavy (non-hydrogen) atoms. The van der Waals surface area contributed by atoms with Gasteiger partial charge in [-0.3, -0.25) is 9.59 Å². The number of hydrogen-bond acceptors (Lipinski definition) is 4. The third kappa shape index (κ3) is 5.52. The largest absolute Gasteiger partial charge is 0.466 e. The highest BCUT2D eigenvalue weighted by Gasteiger charge is 2.06. The molecule has 102 valence electrons. The second-order valence-electron chi connectivity index (χ2n) is 3.78. The number of halogens is 1. The number of carbonyl (C=O) groups is 2. The highest BCUT2D eigenvalue weighted by Crippen LogP contribution is 2.09. The molecule has 0 bridgehead atoms. The van der Waals surface area contributed by atoms with E-state index in [2.05, 4.69) is 10.5 Å². The van der Waals surface area contributed by atoms with Gasteiger partial charge in [-0.2, -0.15) is 5.10 Å². The van der Waals surface area contributed by atoms with Crippen molar-refractivity contribution in [3.8, 4) is 0 Å². The molecule has 0 heterocycles. The molecule has 0 saturated heterocycles. The van der Waals surface area contributed by atoms with Gasteiger partial charge in [-0.1, -0.05) is 11.6 Å². The quantitative estimate of drug-likeness (QED) is 0.512. The summed E-state index contributed by atoms with van der Waals surface area (Å²) in [5, 5.41) is 4.38. The van der Waals surface area contributed by atoms with Crippen molar-refractivity contribution in [3.05, 3.63) is 34.9 Å². The van der Waals surface area contributed by atoms with E-state index in [1.807, 2.05) is 0 Å². The number of hydrogen-bond donors (Lipinski definition) is 1. The Balaban J connectivity index is 2.53. The number of benzene rings is 1. The monoisotopic (exact) mass is 282 g/mol. The standard InChI is InChI=1S/C13H15ClN2O3/c1-3-19-12(17)8-9(2)15-16-13(18)10-4-6-11(14)7-5-10/h4-7H,3,8H2,1-2H3,(H,16,18)/b15-9+. The van der Waals surface area contributed by atoms with Gasteiger partial charge in [0.25, 0.3) is 5.91 Å². The van der Waals surface area contributed by atoms with Crippen LogP contribution in [0.4, 0.5) is 0 Å². The summed E-state index contributed by atoms with van der Waals surface area (Å²) in [6, 6.07) is 6.42.